The molecule has 0 aliphatic heterocycles. The van der Waals surface area contributed by atoms with Gasteiger partial charge >= 0.3 is 0 Å². The van der Waals surface area contributed by atoms with Gasteiger partial charge in [-0.15, -0.1) is 10.2 Å². The van der Waals surface area contributed by atoms with Gasteiger partial charge < -0.3 is 11.1 Å². The largest absolute Gasteiger partial charge is 0.365 e. The molecule has 1 unspecified atom stereocenters. The highest BCUT2D eigenvalue weighted by atomic mass is 35.5. The van der Waals surface area contributed by atoms with Crippen LogP contribution in [0.25, 0.3) is 0 Å². The number of hydrogen-bond acceptors (Lipinski definition) is 4. The molecule has 22 heavy (non-hydrogen) atoms. The van der Waals surface area contributed by atoms with Crippen LogP contribution in [0.15, 0.2) is 30.3 Å². The molecule has 1 aromatic heterocycles. The highest BCUT2D eigenvalue weighted by Crippen LogP contribution is 2.45. The fraction of sp³-hybridized carbons (Fsp3) is 0.312. The van der Waals surface area contributed by atoms with Gasteiger partial charge in [0, 0.05) is 0 Å². The molecule has 0 saturated carbocycles. The Balaban J connectivity index is 1.97. The molecule has 0 fully saturated rings. The van der Waals surface area contributed by atoms with Gasteiger partial charge in [0.25, 0.3) is 5.91 Å². The van der Waals surface area contributed by atoms with Gasteiger partial charge in [-0.25, -0.2) is 0 Å². The summed E-state index contributed by atoms with van der Waals surface area (Å²) in [5.41, 5.74) is 8.22. The van der Waals surface area contributed by atoms with Crippen molar-refractivity contribution in [1.82, 2.24) is 10.2 Å². The molecule has 0 spiro atoms. The summed E-state index contributed by atoms with van der Waals surface area (Å²) in [6.07, 6.45) is 0.898. The highest BCUT2D eigenvalue weighted by molar-refractivity contribution is 6.29. The Kier molecular flexibility index (Phi) is 3.53. The molecule has 1 aromatic carbocycles. The first-order valence-corrected chi connectivity index (χ1v) is 7.45. The van der Waals surface area contributed by atoms with Gasteiger partial charge in [-0.2, -0.15) is 0 Å². The van der Waals surface area contributed by atoms with Crippen LogP contribution in [0.3, 0.4) is 0 Å². The Morgan fingerprint density at radius 3 is 2.82 bits per heavy atom. The Morgan fingerprint density at radius 1 is 1.36 bits per heavy atom. The third kappa shape index (κ3) is 2.52. The summed E-state index contributed by atoms with van der Waals surface area (Å²) in [4.78, 5) is 11.6. The van der Waals surface area contributed by atoms with Crippen molar-refractivity contribution in [2.45, 2.75) is 31.7 Å². The standard InChI is InChI=1S/C16H17ClN4O/c1-16(2)8-12(9-5-3-4-6-11(9)16)19-15-10(14(18)22)7-13(17)20-21-15/h3-7,12H,8H2,1-2H3,(H2,18,22)(H,19,21). The summed E-state index contributed by atoms with van der Waals surface area (Å²) in [6, 6.07) is 9.77. The minimum absolute atomic E-state index is 0.0553. The average molecular weight is 317 g/mol. The number of benzene rings is 1. The summed E-state index contributed by atoms with van der Waals surface area (Å²) < 4.78 is 0. The lowest BCUT2D eigenvalue weighted by Crippen LogP contribution is -2.19. The van der Waals surface area contributed by atoms with Gasteiger partial charge in [0.1, 0.15) is 0 Å². The van der Waals surface area contributed by atoms with Crippen molar-refractivity contribution in [3.8, 4) is 0 Å². The number of hydrogen-bond donors (Lipinski definition) is 2. The number of nitrogens with one attached hydrogen (secondary N) is 1. The number of nitrogens with two attached hydrogens (primary N) is 1. The summed E-state index contributed by atoms with van der Waals surface area (Å²) in [6.45, 7) is 4.41. The van der Waals surface area contributed by atoms with Crippen molar-refractivity contribution in [2.75, 3.05) is 5.32 Å². The molecule has 0 saturated heterocycles. The lowest BCUT2D eigenvalue weighted by Gasteiger charge is -2.20. The molecule has 3 rings (SSSR count). The Labute approximate surface area is 133 Å². The number of anilines is 1. The molecule has 1 amide bonds. The average Bonchev–Trinajstić information content (AvgIpc) is 2.72. The number of carbonyl (C=O) groups excluding carboxylic acids is 1. The molecule has 2 aromatic rings. The van der Waals surface area contributed by atoms with Crippen molar-refractivity contribution in [2.24, 2.45) is 5.73 Å². The second-order valence-electron chi connectivity index (χ2n) is 6.17. The number of aromatic nitrogens is 2. The molecule has 5 nitrogen and oxygen atoms in total. The maximum Gasteiger partial charge on any atom is 0.252 e. The van der Waals surface area contributed by atoms with E-state index in [1.54, 1.807) is 0 Å². The van der Waals surface area contributed by atoms with E-state index in [0.717, 1.165) is 6.42 Å². The fourth-order valence-electron chi connectivity index (χ4n) is 3.10. The van der Waals surface area contributed by atoms with E-state index in [0.29, 0.717) is 5.82 Å². The lowest BCUT2D eigenvalue weighted by atomic mass is 9.86. The molecule has 114 valence electrons. The first-order valence-electron chi connectivity index (χ1n) is 7.07. The highest BCUT2D eigenvalue weighted by Gasteiger charge is 2.37. The minimum Gasteiger partial charge on any atom is -0.365 e. The number of primary amides is 1. The van der Waals surface area contributed by atoms with Crippen molar-refractivity contribution in [3.05, 3.63) is 52.2 Å². The van der Waals surface area contributed by atoms with Gasteiger partial charge in [-0.05, 0) is 29.0 Å². The number of fused-ring (bicyclic) bond motifs is 1. The SMILES string of the molecule is CC1(C)CC(Nc2nnc(Cl)cc2C(N)=O)c2ccccc21. The van der Waals surface area contributed by atoms with E-state index in [1.165, 1.54) is 17.2 Å². The van der Waals surface area contributed by atoms with Gasteiger partial charge in [0.15, 0.2) is 11.0 Å². The van der Waals surface area contributed by atoms with Crippen molar-refractivity contribution < 1.29 is 4.79 Å². The summed E-state index contributed by atoms with van der Waals surface area (Å²) in [7, 11) is 0. The van der Waals surface area contributed by atoms with Gasteiger partial charge in [0.05, 0.1) is 11.6 Å². The van der Waals surface area contributed by atoms with Crippen LogP contribution >= 0.6 is 11.6 Å². The van der Waals surface area contributed by atoms with E-state index in [2.05, 4.69) is 41.5 Å². The number of rotatable bonds is 3. The van der Waals surface area contributed by atoms with Crippen LogP contribution in [0, 0.1) is 0 Å². The van der Waals surface area contributed by atoms with Gasteiger partial charge in [-0.3, -0.25) is 4.79 Å². The maximum absolute atomic E-state index is 11.6. The Bertz CT molecular complexity index is 745. The molecule has 1 aliphatic rings. The molecule has 1 atom stereocenters. The third-order valence-electron chi connectivity index (χ3n) is 4.12. The van der Waals surface area contributed by atoms with Crippen molar-refractivity contribution >= 4 is 23.3 Å². The molecule has 6 heteroatoms. The predicted octanol–water partition coefficient (Wildman–Crippen LogP) is 3.06. The van der Waals surface area contributed by atoms with E-state index in [4.69, 9.17) is 17.3 Å². The number of amides is 1. The Hall–Kier alpha value is -2.14. The summed E-state index contributed by atoms with van der Waals surface area (Å²) in [5.74, 6) is -0.209. The number of halogens is 1. The fourth-order valence-corrected chi connectivity index (χ4v) is 3.25. The van der Waals surface area contributed by atoms with Crippen LogP contribution in [-0.4, -0.2) is 16.1 Å². The first kappa shape index (κ1) is 14.8. The Morgan fingerprint density at radius 2 is 2.09 bits per heavy atom. The number of nitrogens with zero attached hydrogens (tertiary/aromatic N) is 2. The first-order chi connectivity index (χ1) is 10.4. The van der Waals surface area contributed by atoms with E-state index in [1.807, 2.05) is 12.1 Å². The molecule has 1 aliphatic carbocycles. The molecule has 3 N–H and O–H groups in total. The predicted molar refractivity (Wildman–Crippen MR) is 86.0 cm³/mol. The summed E-state index contributed by atoms with van der Waals surface area (Å²) >= 11 is 5.79. The van der Waals surface area contributed by atoms with Gasteiger partial charge in [0.2, 0.25) is 0 Å². The summed E-state index contributed by atoms with van der Waals surface area (Å²) in [5, 5.41) is 11.2. The quantitative estimate of drug-likeness (QED) is 0.912. The van der Waals surface area contributed by atoms with E-state index >= 15 is 0 Å². The van der Waals surface area contributed by atoms with Crippen LogP contribution in [0.5, 0.6) is 0 Å². The maximum atomic E-state index is 11.6. The second-order valence-corrected chi connectivity index (χ2v) is 6.55. The monoisotopic (exact) mass is 316 g/mol. The smallest absolute Gasteiger partial charge is 0.252 e. The van der Waals surface area contributed by atoms with Crippen LogP contribution in [0.1, 0.15) is 47.8 Å². The van der Waals surface area contributed by atoms with Crippen molar-refractivity contribution in [1.29, 1.82) is 0 Å². The lowest BCUT2D eigenvalue weighted by molar-refractivity contribution is 0.100. The zero-order valence-electron chi connectivity index (χ0n) is 12.4. The van der Waals surface area contributed by atoms with E-state index in [9.17, 15) is 4.79 Å². The normalized spacial score (nSPS) is 18.8. The van der Waals surface area contributed by atoms with Gasteiger partial charge in [-0.1, -0.05) is 49.7 Å². The third-order valence-corrected chi connectivity index (χ3v) is 4.30. The second kappa shape index (κ2) is 5.25. The van der Waals surface area contributed by atoms with Crippen LogP contribution in [0.4, 0.5) is 5.82 Å². The topological polar surface area (TPSA) is 80.9 Å². The molecule has 0 bridgehead atoms. The minimum atomic E-state index is -0.579. The van der Waals surface area contributed by atoms with Crippen LogP contribution < -0.4 is 11.1 Å². The van der Waals surface area contributed by atoms with E-state index < -0.39 is 5.91 Å². The van der Waals surface area contributed by atoms with E-state index in [-0.39, 0.29) is 22.2 Å². The molecule has 0 radical (unpaired) electrons. The zero-order chi connectivity index (χ0) is 15.9. The zero-order valence-corrected chi connectivity index (χ0v) is 13.2. The van der Waals surface area contributed by atoms with Crippen LogP contribution in [-0.2, 0) is 5.41 Å². The van der Waals surface area contributed by atoms with Crippen LogP contribution in [0.2, 0.25) is 5.15 Å². The number of carbonyl (C=O) groups is 1. The molecular weight excluding hydrogens is 300 g/mol. The molecular formula is C16H17ClN4O. The molecule has 1 heterocycles. The van der Waals surface area contributed by atoms with Crippen molar-refractivity contribution in [3.63, 3.8) is 0 Å².